The molecule has 1 nitrogen and oxygen atoms in total. The Hall–Kier alpha value is -1.19. The lowest BCUT2D eigenvalue weighted by Gasteiger charge is -2.10. The molecule has 0 aromatic heterocycles. The summed E-state index contributed by atoms with van der Waals surface area (Å²) in [6.07, 6.45) is -4.29. The molecule has 0 aliphatic heterocycles. The van der Waals surface area contributed by atoms with E-state index in [4.69, 9.17) is 0 Å². The first-order valence-electron chi connectivity index (χ1n) is 4.07. The molecule has 0 atom stereocenters. The number of benzene rings is 1. The van der Waals surface area contributed by atoms with Crippen LogP contribution in [0, 0.1) is 19.9 Å². The van der Waals surface area contributed by atoms with E-state index in [1.807, 2.05) is 0 Å². The maximum atomic E-state index is 11.8. The molecule has 1 aromatic rings. The molecule has 0 saturated carbocycles. The van der Waals surface area contributed by atoms with Gasteiger partial charge in [0.1, 0.15) is 5.75 Å². The molecule has 0 spiro atoms. The highest BCUT2D eigenvalue weighted by Gasteiger charge is 2.28. The zero-order valence-corrected chi connectivity index (χ0v) is 7.90. The SMILES string of the molecule is Cc1[c]c(C)cc(OCC(F)(F)F)c1. The first-order valence-corrected chi connectivity index (χ1v) is 4.07. The third-order valence-electron chi connectivity index (χ3n) is 1.51. The monoisotopic (exact) mass is 203 g/mol. The number of hydrogen-bond donors (Lipinski definition) is 0. The Morgan fingerprint density at radius 1 is 1.21 bits per heavy atom. The normalized spacial score (nSPS) is 11.5. The first-order chi connectivity index (χ1) is 6.37. The summed E-state index contributed by atoms with van der Waals surface area (Å²) in [6.45, 7) is 2.26. The summed E-state index contributed by atoms with van der Waals surface area (Å²) in [5, 5.41) is 0. The molecule has 4 heteroatoms. The fraction of sp³-hybridized carbons (Fsp3) is 0.400. The second-order valence-electron chi connectivity index (χ2n) is 3.09. The molecule has 0 aliphatic carbocycles. The molecule has 0 N–H and O–H groups in total. The van der Waals surface area contributed by atoms with Gasteiger partial charge in [-0.1, -0.05) is 0 Å². The van der Waals surface area contributed by atoms with Crippen LogP contribution in [0.25, 0.3) is 0 Å². The van der Waals surface area contributed by atoms with E-state index in [0.717, 1.165) is 11.1 Å². The molecule has 0 saturated heterocycles. The lowest BCUT2D eigenvalue weighted by Crippen LogP contribution is -2.19. The molecule has 0 amide bonds. The fourth-order valence-corrected chi connectivity index (χ4v) is 1.10. The second kappa shape index (κ2) is 3.90. The van der Waals surface area contributed by atoms with E-state index >= 15 is 0 Å². The average Bonchev–Trinajstić information content (AvgIpc) is 1.97. The van der Waals surface area contributed by atoms with Crippen molar-refractivity contribution in [3.63, 3.8) is 0 Å². The number of rotatable bonds is 2. The molecular weight excluding hydrogens is 193 g/mol. The topological polar surface area (TPSA) is 9.23 Å². The highest BCUT2D eigenvalue weighted by atomic mass is 19.4. The van der Waals surface area contributed by atoms with Gasteiger partial charge in [0.05, 0.1) is 0 Å². The summed E-state index contributed by atoms with van der Waals surface area (Å²) in [7, 11) is 0. The number of alkyl halides is 3. The quantitative estimate of drug-likeness (QED) is 0.717. The summed E-state index contributed by atoms with van der Waals surface area (Å²) in [5.74, 6) is 0.232. The van der Waals surface area contributed by atoms with Gasteiger partial charge in [-0.25, -0.2) is 0 Å². The van der Waals surface area contributed by atoms with Gasteiger partial charge >= 0.3 is 6.18 Å². The molecule has 1 rings (SSSR count). The van der Waals surface area contributed by atoms with E-state index in [0.29, 0.717) is 0 Å². The molecule has 1 aromatic carbocycles. The Morgan fingerprint density at radius 3 is 2.14 bits per heavy atom. The third-order valence-corrected chi connectivity index (χ3v) is 1.51. The van der Waals surface area contributed by atoms with Crippen LogP contribution in [0.4, 0.5) is 13.2 Å². The number of aryl methyl sites for hydroxylation is 2. The summed E-state index contributed by atoms with van der Waals surface area (Å²) < 4.78 is 40.0. The highest BCUT2D eigenvalue weighted by Crippen LogP contribution is 2.20. The lowest BCUT2D eigenvalue weighted by atomic mass is 10.1. The number of ether oxygens (including phenoxy) is 1. The van der Waals surface area contributed by atoms with Crippen LogP contribution in [-0.2, 0) is 0 Å². The van der Waals surface area contributed by atoms with Crippen LogP contribution >= 0.6 is 0 Å². The van der Waals surface area contributed by atoms with Crippen molar-refractivity contribution in [2.24, 2.45) is 0 Å². The molecule has 0 heterocycles. The van der Waals surface area contributed by atoms with Gasteiger partial charge in [-0.15, -0.1) is 0 Å². The first kappa shape index (κ1) is 10.9. The number of halogens is 3. The minimum Gasteiger partial charge on any atom is -0.484 e. The van der Waals surface area contributed by atoms with Crippen LogP contribution in [-0.4, -0.2) is 12.8 Å². The second-order valence-corrected chi connectivity index (χ2v) is 3.09. The zero-order chi connectivity index (χ0) is 10.8. The van der Waals surface area contributed by atoms with Crippen LogP contribution in [0.1, 0.15) is 11.1 Å². The Kier molecular flexibility index (Phi) is 3.03. The van der Waals surface area contributed by atoms with Gasteiger partial charge in [0.15, 0.2) is 6.61 Å². The van der Waals surface area contributed by atoms with Crippen LogP contribution < -0.4 is 4.74 Å². The van der Waals surface area contributed by atoms with Crippen LogP contribution in [0.2, 0.25) is 0 Å². The van der Waals surface area contributed by atoms with Gasteiger partial charge in [0.2, 0.25) is 0 Å². The predicted octanol–water partition coefficient (Wildman–Crippen LogP) is 3.04. The van der Waals surface area contributed by atoms with E-state index in [9.17, 15) is 13.2 Å². The van der Waals surface area contributed by atoms with Crippen LogP contribution in [0.5, 0.6) is 5.75 Å². The van der Waals surface area contributed by atoms with Crippen LogP contribution in [0.3, 0.4) is 0 Å². The van der Waals surface area contributed by atoms with Crippen molar-refractivity contribution in [1.82, 2.24) is 0 Å². The summed E-state index contributed by atoms with van der Waals surface area (Å²) in [4.78, 5) is 0. The van der Waals surface area contributed by atoms with Crippen molar-refractivity contribution in [2.75, 3.05) is 6.61 Å². The zero-order valence-electron chi connectivity index (χ0n) is 7.90. The van der Waals surface area contributed by atoms with Gasteiger partial charge < -0.3 is 4.74 Å². The molecule has 77 valence electrons. The molecule has 0 fully saturated rings. The van der Waals surface area contributed by atoms with Gasteiger partial charge in [0, 0.05) is 0 Å². The fourth-order valence-electron chi connectivity index (χ4n) is 1.10. The van der Waals surface area contributed by atoms with Crippen molar-refractivity contribution in [3.8, 4) is 5.75 Å². The third kappa shape index (κ3) is 3.68. The Labute approximate surface area is 80.5 Å². The number of hydrogen-bond acceptors (Lipinski definition) is 1. The van der Waals surface area contributed by atoms with E-state index in [2.05, 4.69) is 10.8 Å². The maximum Gasteiger partial charge on any atom is 0.422 e. The minimum atomic E-state index is -4.29. The van der Waals surface area contributed by atoms with Crippen molar-refractivity contribution in [2.45, 2.75) is 20.0 Å². The minimum absolute atomic E-state index is 0.232. The summed E-state index contributed by atoms with van der Waals surface area (Å²) in [5.41, 5.74) is 1.53. The Balaban J connectivity index is 2.68. The molecule has 0 aliphatic rings. The molecular formula is C10H10F3O. The standard InChI is InChI=1S/C10H10F3O/c1-7-3-8(2)5-9(4-7)14-6-10(11,12)13/h4-5H,6H2,1-2H3. The summed E-state index contributed by atoms with van der Waals surface area (Å²) >= 11 is 0. The van der Waals surface area contributed by atoms with E-state index < -0.39 is 12.8 Å². The van der Waals surface area contributed by atoms with Gasteiger partial charge in [0.25, 0.3) is 0 Å². The van der Waals surface area contributed by atoms with E-state index in [-0.39, 0.29) is 5.75 Å². The van der Waals surface area contributed by atoms with Crippen molar-refractivity contribution in [3.05, 3.63) is 29.3 Å². The molecule has 14 heavy (non-hydrogen) atoms. The van der Waals surface area contributed by atoms with Gasteiger partial charge in [-0.2, -0.15) is 13.2 Å². The molecule has 1 radical (unpaired) electrons. The average molecular weight is 203 g/mol. The largest absolute Gasteiger partial charge is 0.484 e. The maximum absolute atomic E-state index is 11.8. The molecule has 0 bridgehead atoms. The predicted molar refractivity (Wildman–Crippen MR) is 46.3 cm³/mol. The van der Waals surface area contributed by atoms with Crippen molar-refractivity contribution < 1.29 is 17.9 Å². The van der Waals surface area contributed by atoms with E-state index in [1.165, 1.54) is 12.1 Å². The Morgan fingerprint density at radius 2 is 1.71 bits per heavy atom. The van der Waals surface area contributed by atoms with Gasteiger partial charge in [-0.05, 0) is 43.2 Å². The van der Waals surface area contributed by atoms with Gasteiger partial charge in [-0.3, -0.25) is 0 Å². The highest BCUT2D eigenvalue weighted by molar-refractivity contribution is 5.31. The van der Waals surface area contributed by atoms with Crippen LogP contribution in [0.15, 0.2) is 12.1 Å². The van der Waals surface area contributed by atoms with E-state index in [1.54, 1.807) is 13.8 Å². The Bertz CT molecular complexity index is 297. The van der Waals surface area contributed by atoms with Crippen molar-refractivity contribution >= 4 is 0 Å². The summed E-state index contributed by atoms with van der Waals surface area (Å²) in [6, 6.07) is 6.00. The lowest BCUT2D eigenvalue weighted by molar-refractivity contribution is -0.153. The smallest absolute Gasteiger partial charge is 0.422 e. The molecule has 0 unspecified atom stereocenters. The van der Waals surface area contributed by atoms with Crippen molar-refractivity contribution in [1.29, 1.82) is 0 Å².